The lowest BCUT2D eigenvalue weighted by molar-refractivity contribution is -0.597. The van der Waals surface area contributed by atoms with Gasteiger partial charge in [-0.15, -0.1) is 0 Å². The van der Waals surface area contributed by atoms with Gasteiger partial charge in [0, 0.05) is 12.8 Å². The van der Waals surface area contributed by atoms with E-state index in [0.717, 1.165) is 6.21 Å². The number of aliphatic carboxylic acids is 1. The molecule has 0 unspecified atom stereocenters. The van der Waals surface area contributed by atoms with Crippen molar-refractivity contribution in [3.8, 4) is 0 Å². The summed E-state index contributed by atoms with van der Waals surface area (Å²) in [7, 11) is 0. The smallest absolute Gasteiger partial charge is 0.357 e. The van der Waals surface area contributed by atoms with Crippen molar-refractivity contribution in [2.45, 2.75) is 18.9 Å². The van der Waals surface area contributed by atoms with E-state index < -0.39 is 12.0 Å². The Morgan fingerprint density at radius 1 is 1.12 bits per heavy atom. The van der Waals surface area contributed by atoms with Gasteiger partial charge in [-0.3, -0.25) is 10.1 Å². The Labute approximate surface area is 159 Å². The molecule has 0 aliphatic carbocycles. The second kappa shape index (κ2) is 13.5. The van der Waals surface area contributed by atoms with Gasteiger partial charge in [-0.2, -0.15) is 0 Å². The Morgan fingerprint density at radius 3 is 2.04 bits per heavy atom. The molecule has 0 fully saturated rings. The Bertz CT molecular complexity index is 571. The summed E-state index contributed by atoms with van der Waals surface area (Å²) in [6, 6.07) is 20.8. The van der Waals surface area contributed by atoms with Crippen LogP contribution in [0.1, 0.15) is 12.8 Å². The van der Waals surface area contributed by atoms with Gasteiger partial charge in [0.15, 0.2) is 7.14 Å². The molecule has 0 saturated carbocycles. The summed E-state index contributed by atoms with van der Waals surface area (Å²) in [6.45, 7) is 0.789. The first-order valence-electron chi connectivity index (χ1n) is 8.07. The number of nitrogens with one attached hydrogen (secondary N) is 2. The first-order valence-corrected chi connectivity index (χ1v) is 10.2. The van der Waals surface area contributed by atoms with Gasteiger partial charge in [0.1, 0.15) is 6.04 Å². The maximum absolute atomic E-state index is 10.5. The number of benzene rings is 2. The number of hydrogen-bond donors (Lipinski definition) is 4. The third kappa shape index (κ3) is 9.96. The van der Waals surface area contributed by atoms with Gasteiger partial charge in [0.2, 0.25) is 0 Å². The van der Waals surface area contributed by atoms with E-state index in [0.29, 0.717) is 25.9 Å². The highest BCUT2D eigenvalue weighted by molar-refractivity contribution is 5.74. The number of carboxylic acid groups (broad SMARTS) is 1. The van der Waals surface area contributed by atoms with Crippen LogP contribution in [-0.2, 0) is 4.79 Å². The Morgan fingerprint density at radius 2 is 1.64 bits per heavy atom. The van der Waals surface area contributed by atoms with Crippen molar-refractivity contribution in [1.82, 2.24) is 5.32 Å². The molecule has 5 N–H and O–H groups in total. The molecule has 2 rings (SSSR count). The fourth-order valence-corrected chi connectivity index (χ4v) is 4.19. The van der Waals surface area contributed by atoms with E-state index in [4.69, 9.17) is 16.2 Å². The van der Waals surface area contributed by atoms with E-state index >= 15 is 0 Å². The summed E-state index contributed by atoms with van der Waals surface area (Å²) in [5.41, 5.74) is 5.24. The first-order chi connectivity index (χ1) is 12.2. The van der Waals surface area contributed by atoms with Gasteiger partial charge in [-0.1, -0.05) is 36.4 Å². The summed E-state index contributed by atoms with van der Waals surface area (Å²) < 4.78 is 2.96. The number of halogens is 1. The van der Waals surface area contributed by atoms with Gasteiger partial charge in [-0.05, 0) is 43.7 Å². The van der Waals surface area contributed by atoms with Crippen LogP contribution in [0.15, 0.2) is 60.7 Å². The van der Waals surface area contributed by atoms with E-state index in [2.05, 4.69) is 66.0 Å². The van der Waals surface area contributed by atoms with Crippen molar-refractivity contribution in [1.29, 1.82) is 5.41 Å². The highest BCUT2D eigenvalue weighted by atomic mass is 127. The average Bonchev–Trinajstić information content (AvgIpc) is 2.64. The Kier molecular flexibility index (Phi) is 11.5. The monoisotopic (exact) mass is 454 g/mol. The van der Waals surface area contributed by atoms with Crippen molar-refractivity contribution in [2.75, 3.05) is 13.1 Å². The molecule has 0 aromatic heterocycles. The third-order valence-electron chi connectivity index (χ3n) is 3.15. The third-order valence-corrected chi connectivity index (χ3v) is 5.83. The minimum Gasteiger partial charge on any atom is -0.480 e. The molecule has 25 heavy (non-hydrogen) atoms. The lowest BCUT2D eigenvalue weighted by Gasteiger charge is -2.11. The zero-order chi connectivity index (χ0) is 18.3. The van der Waals surface area contributed by atoms with Crippen LogP contribution < -0.4 is 32.3 Å². The number of carboxylic acids is 1. The topological polar surface area (TPSA) is 99.2 Å². The zero-order valence-corrected chi connectivity index (χ0v) is 16.2. The fraction of sp³-hybridized carbons (Fsp3) is 0.263. The molecule has 0 saturated heterocycles. The fourth-order valence-electron chi connectivity index (χ4n) is 1.92. The minimum atomic E-state index is -0.884. The van der Waals surface area contributed by atoms with Gasteiger partial charge < -0.3 is 16.2 Å². The molecule has 2 aromatic carbocycles. The SMILES string of the molecule is N=CCN[C@@H](CCCN)C(=O)O.c1ccc([I+]c2ccccc2)cc1. The molecule has 134 valence electrons. The molecule has 0 aliphatic rings. The molecule has 0 bridgehead atoms. The molecule has 0 aliphatic heterocycles. The number of hydrogen-bond acceptors (Lipinski definition) is 4. The number of carbonyl (C=O) groups is 1. The van der Waals surface area contributed by atoms with Crippen molar-refractivity contribution < 1.29 is 31.1 Å². The predicted octanol–water partition coefficient (Wildman–Crippen LogP) is -0.767. The molecular weight excluding hydrogens is 429 g/mol. The highest BCUT2D eigenvalue weighted by Gasteiger charge is 2.14. The van der Waals surface area contributed by atoms with Crippen LogP contribution in [0.4, 0.5) is 0 Å². The molecule has 0 amide bonds. The Hall–Kier alpha value is -1.77. The van der Waals surface area contributed by atoms with Gasteiger partial charge in [0.05, 0.1) is 0 Å². The normalized spacial score (nSPS) is 11.1. The summed E-state index contributed by atoms with van der Waals surface area (Å²) in [4.78, 5) is 10.5. The molecule has 1 atom stereocenters. The van der Waals surface area contributed by atoms with E-state index in [-0.39, 0.29) is 21.2 Å². The Balaban J connectivity index is 0.000000252. The van der Waals surface area contributed by atoms with Crippen LogP contribution >= 0.6 is 0 Å². The van der Waals surface area contributed by atoms with Crippen LogP contribution in [0.25, 0.3) is 0 Å². The van der Waals surface area contributed by atoms with Gasteiger partial charge >= 0.3 is 27.2 Å². The van der Waals surface area contributed by atoms with Crippen LogP contribution in [0.5, 0.6) is 0 Å². The molecule has 0 spiro atoms. The minimum absolute atomic E-state index is 0.0287. The summed E-state index contributed by atoms with van der Waals surface area (Å²) >= 11 is 0.0287. The first kappa shape index (κ1) is 21.3. The second-order valence-electron chi connectivity index (χ2n) is 5.12. The lowest BCUT2D eigenvalue weighted by atomic mass is 10.1. The van der Waals surface area contributed by atoms with E-state index in [1.807, 2.05) is 0 Å². The maximum Gasteiger partial charge on any atom is 0.357 e. The molecule has 6 heteroatoms. The van der Waals surface area contributed by atoms with Crippen molar-refractivity contribution in [3.63, 3.8) is 0 Å². The molecule has 2 aromatic rings. The summed E-state index contributed by atoms with van der Waals surface area (Å²) in [5.74, 6) is -0.884. The van der Waals surface area contributed by atoms with Crippen LogP contribution in [0.3, 0.4) is 0 Å². The van der Waals surface area contributed by atoms with E-state index in [9.17, 15) is 4.79 Å². The highest BCUT2D eigenvalue weighted by Crippen LogP contribution is 1.95. The predicted molar refractivity (Wildman–Crippen MR) is 96.8 cm³/mol. The quantitative estimate of drug-likeness (QED) is 0.296. The van der Waals surface area contributed by atoms with Crippen LogP contribution in [-0.4, -0.2) is 36.4 Å². The molecule has 0 radical (unpaired) electrons. The second-order valence-corrected chi connectivity index (χ2v) is 8.15. The van der Waals surface area contributed by atoms with Gasteiger partial charge in [-0.25, -0.2) is 0 Å². The summed E-state index contributed by atoms with van der Waals surface area (Å²) in [6.07, 6.45) is 2.33. The van der Waals surface area contributed by atoms with Crippen molar-refractivity contribution in [2.24, 2.45) is 5.73 Å². The van der Waals surface area contributed by atoms with Crippen molar-refractivity contribution in [3.05, 3.63) is 67.8 Å². The molecule has 0 heterocycles. The zero-order valence-electron chi connectivity index (χ0n) is 14.1. The van der Waals surface area contributed by atoms with Crippen LogP contribution in [0, 0.1) is 12.5 Å². The van der Waals surface area contributed by atoms with E-state index in [1.54, 1.807) is 0 Å². The number of nitrogens with two attached hydrogens (primary N) is 1. The van der Waals surface area contributed by atoms with Crippen LogP contribution in [0.2, 0.25) is 0 Å². The standard InChI is InChI=1S/C12H10I.C7H15N3O2/c1-3-7-11(8-4-1)13-12-9-5-2-6-10-12;8-3-1-2-6(7(11)12)10-5-4-9/h1-10H;4,6,9-10H,1-3,5,8H2,(H,11,12)/q+1;/t;6-/m.0/s1. The average molecular weight is 454 g/mol. The van der Waals surface area contributed by atoms with Crippen molar-refractivity contribution >= 4 is 12.2 Å². The number of rotatable bonds is 9. The maximum atomic E-state index is 10.5. The lowest BCUT2D eigenvalue weighted by Crippen LogP contribution is -3.61. The van der Waals surface area contributed by atoms with Gasteiger partial charge in [0.25, 0.3) is 0 Å². The molecular formula is C19H25IN3O2+. The van der Waals surface area contributed by atoms with E-state index in [1.165, 1.54) is 7.14 Å². The molecule has 5 nitrogen and oxygen atoms in total. The largest absolute Gasteiger partial charge is 0.480 e. The summed E-state index contributed by atoms with van der Waals surface area (Å²) in [5, 5.41) is 18.1.